The number of nitrogens with zero attached hydrogens (tertiary/aromatic N) is 2. The Labute approximate surface area is 133 Å². The monoisotopic (exact) mass is 292 g/mol. The average Bonchev–Trinajstić information content (AvgIpc) is 2.61. The lowest BCUT2D eigenvalue weighted by Gasteiger charge is -2.47. The van der Waals surface area contributed by atoms with Crippen LogP contribution < -0.4 is 0 Å². The van der Waals surface area contributed by atoms with E-state index in [1.54, 1.807) is 5.56 Å². The van der Waals surface area contributed by atoms with E-state index >= 15 is 0 Å². The van der Waals surface area contributed by atoms with E-state index in [1.807, 2.05) is 0 Å². The van der Waals surface area contributed by atoms with Crippen LogP contribution in [-0.2, 0) is 0 Å². The molecule has 114 valence electrons. The molecule has 0 unspecified atom stereocenters. The topological polar surface area (TPSA) is 6.48 Å². The molecule has 2 nitrogen and oxygen atoms in total. The van der Waals surface area contributed by atoms with Gasteiger partial charge in [-0.05, 0) is 23.2 Å². The Balaban J connectivity index is 1.75. The number of rotatable bonds is 2. The zero-order valence-electron chi connectivity index (χ0n) is 13.3. The minimum absolute atomic E-state index is 0.516. The van der Waals surface area contributed by atoms with Crippen molar-refractivity contribution in [2.24, 2.45) is 0 Å². The fourth-order valence-electron chi connectivity index (χ4n) is 4.11. The van der Waals surface area contributed by atoms with Crippen molar-refractivity contribution in [3.63, 3.8) is 0 Å². The molecule has 0 N–H and O–H groups in total. The van der Waals surface area contributed by atoms with Gasteiger partial charge in [-0.25, -0.2) is 0 Å². The Bertz CT molecular complexity index is 637. The number of piperazine rings is 1. The molecule has 2 aliphatic rings. The van der Waals surface area contributed by atoms with E-state index in [9.17, 15) is 0 Å². The number of benzene rings is 2. The van der Waals surface area contributed by atoms with Gasteiger partial charge < -0.3 is 4.90 Å². The minimum Gasteiger partial charge on any atom is -0.300 e. The Hall–Kier alpha value is -1.64. The largest absolute Gasteiger partial charge is 0.300 e. The summed E-state index contributed by atoms with van der Waals surface area (Å²) < 4.78 is 0. The van der Waals surface area contributed by atoms with Crippen molar-refractivity contribution in [1.29, 1.82) is 0 Å². The van der Waals surface area contributed by atoms with Crippen molar-refractivity contribution in [2.45, 2.75) is 18.9 Å². The zero-order valence-corrected chi connectivity index (χ0v) is 13.3. The van der Waals surface area contributed by atoms with Gasteiger partial charge in [-0.2, -0.15) is 0 Å². The number of likely N-dealkylation sites (N-methyl/N-ethyl adjacent to an activating group) is 1. The summed E-state index contributed by atoms with van der Waals surface area (Å²) in [6.45, 7) is 8.16. The highest BCUT2D eigenvalue weighted by molar-refractivity contribution is 5.42. The van der Waals surface area contributed by atoms with Crippen LogP contribution in [0, 0.1) is 0 Å². The van der Waals surface area contributed by atoms with Crippen LogP contribution in [0.2, 0.25) is 0 Å². The standard InChI is InChI=1S/C20H24N2/c1-2-21-12-13-22-14-19(16-8-4-3-5-9-16)17-10-6-7-11-18(17)20(22)15-21/h3-11,19-20H,2,12-15H2,1H3/t19-,20-/m0/s1. The van der Waals surface area contributed by atoms with E-state index in [0.29, 0.717) is 12.0 Å². The third kappa shape index (κ3) is 2.37. The SMILES string of the molecule is CCN1CCN2C[C@@H](c3ccccc3)c3ccccc3[C@@H]2C1. The van der Waals surface area contributed by atoms with Crippen LogP contribution in [0.15, 0.2) is 54.6 Å². The number of hydrogen-bond acceptors (Lipinski definition) is 2. The molecule has 2 aromatic carbocycles. The fraction of sp³-hybridized carbons (Fsp3) is 0.400. The van der Waals surface area contributed by atoms with Gasteiger partial charge in [-0.15, -0.1) is 0 Å². The highest BCUT2D eigenvalue weighted by Crippen LogP contribution is 2.40. The Morgan fingerprint density at radius 1 is 0.864 bits per heavy atom. The molecule has 2 aromatic rings. The summed E-state index contributed by atoms with van der Waals surface area (Å²) in [5.41, 5.74) is 4.53. The molecule has 0 bridgehead atoms. The van der Waals surface area contributed by atoms with E-state index < -0.39 is 0 Å². The lowest BCUT2D eigenvalue weighted by atomic mass is 9.80. The van der Waals surface area contributed by atoms with Gasteiger partial charge in [0.15, 0.2) is 0 Å². The second-order valence-corrected chi connectivity index (χ2v) is 6.50. The molecule has 0 amide bonds. The molecular weight excluding hydrogens is 268 g/mol. The molecule has 1 saturated heterocycles. The lowest BCUT2D eigenvalue weighted by molar-refractivity contribution is 0.0658. The van der Waals surface area contributed by atoms with Crippen LogP contribution >= 0.6 is 0 Å². The van der Waals surface area contributed by atoms with Crippen molar-refractivity contribution in [1.82, 2.24) is 9.80 Å². The minimum atomic E-state index is 0.516. The molecular formula is C20H24N2. The molecule has 0 saturated carbocycles. The van der Waals surface area contributed by atoms with E-state index in [-0.39, 0.29) is 0 Å². The van der Waals surface area contributed by atoms with E-state index in [0.717, 1.165) is 13.1 Å². The normalized spacial score (nSPS) is 25.5. The fourth-order valence-corrected chi connectivity index (χ4v) is 4.11. The highest BCUT2D eigenvalue weighted by atomic mass is 15.3. The first-order valence-corrected chi connectivity index (χ1v) is 8.47. The number of fused-ring (bicyclic) bond motifs is 3. The summed E-state index contributed by atoms with van der Waals surface area (Å²) in [5.74, 6) is 0.516. The summed E-state index contributed by atoms with van der Waals surface area (Å²) in [6, 6.07) is 20.7. The summed E-state index contributed by atoms with van der Waals surface area (Å²) >= 11 is 0. The van der Waals surface area contributed by atoms with Gasteiger partial charge in [0.25, 0.3) is 0 Å². The maximum atomic E-state index is 2.70. The van der Waals surface area contributed by atoms with Gasteiger partial charge in [-0.3, -0.25) is 4.90 Å². The third-order valence-corrected chi connectivity index (χ3v) is 5.37. The molecule has 1 fully saturated rings. The molecule has 2 heteroatoms. The van der Waals surface area contributed by atoms with Gasteiger partial charge in [0.2, 0.25) is 0 Å². The summed E-state index contributed by atoms with van der Waals surface area (Å²) in [4.78, 5) is 5.28. The van der Waals surface area contributed by atoms with E-state index in [1.165, 1.54) is 30.8 Å². The molecule has 0 radical (unpaired) electrons. The van der Waals surface area contributed by atoms with Crippen molar-refractivity contribution in [2.75, 3.05) is 32.7 Å². The second kappa shape index (κ2) is 5.86. The first kappa shape index (κ1) is 14.0. The predicted molar refractivity (Wildman–Crippen MR) is 91.2 cm³/mol. The smallest absolute Gasteiger partial charge is 0.0479 e. The van der Waals surface area contributed by atoms with Crippen LogP contribution in [-0.4, -0.2) is 42.5 Å². The molecule has 0 aromatic heterocycles. The molecule has 2 aliphatic heterocycles. The molecule has 4 rings (SSSR count). The molecule has 0 aliphatic carbocycles. The Kier molecular flexibility index (Phi) is 3.73. The first-order valence-electron chi connectivity index (χ1n) is 8.47. The van der Waals surface area contributed by atoms with E-state index in [4.69, 9.17) is 0 Å². The van der Waals surface area contributed by atoms with Crippen molar-refractivity contribution < 1.29 is 0 Å². The molecule has 22 heavy (non-hydrogen) atoms. The summed E-state index contributed by atoms with van der Waals surface area (Å²) in [7, 11) is 0. The summed E-state index contributed by atoms with van der Waals surface area (Å²) in [6.07, 6.45) is 0. The van der Waals surface area contributed by atoms with Crippen molar-refractivity contribution in [3.05, 3.63) is 71.3 Å². The quantitative estimate of drug-likeness (QED) is 0.836. The third-order valence-electron chi connectivity index (χ3n) is 5.37. The zero-order chi connectivity index (χ0) is 14.9. The maximum Gasteiger partial charge on any atom is 0.0479 e. The van der Waals surface area contributed by atoms with Crippen LogP contribution in [0.1, 0.15) is 35.6 Å². The van der Waals surface area contributed by atoms with Gasteiger partial charge in [0, 0.05) is 38.1 Å². The van der Waals surface area contributed by atoms with Crippen molar-refractivity contribution in [3.8, 4) is 0 Å². The first-order chi connectivity index (χ1) is 10.9. The van der Waals surface area contributed by atoms with E-state index in [2.05, 4.69) is 71.3 Å². The van der Waals surface area contributed by atoms with Gasteiger partial charge in [-0.1, -0.05) is 61.5 Å². The van der Waals surface area contributed by atoms with Crippen LogP contribution in [0.4, 0.5) is 0 Å². The number of hydrogen-bond donors (Lipinski definition) is 0. The molecule has 2 heterocycles. The lowest BCUT2D eigenvalue weighted by Crippen LogP contribution is -2.51. The maximum absolute atomic E-state index is 2.70. The Morgan fingerprint density at radius 2 is 1.59 bits per heavy atom. The highest BCUT2D eigenvalue weighted by Gasteiger charge is 2.36. The van der Waals surface area contributed by atoms with Gasteiger partial charge in [0.1, 0.15) is 0 Å². The summed E-state index contributed by atoms with van der Waals surface area (Å²) in [5, 5.41) is 0. The van der Waals surface area contributed by atoms with Gasteiger partial charge in [0.05, 0.1) is 0 Å². The van der Waals surface area contributed by atoms with Crippen molar-refractivity contribution >= 4 is 0 Å². The van der Waals surface area contributed by atoms with Gasteiger partial charge >= 0.3 is 0 Å². The van der Waals surface area contributed by atoms with Crippen LogP contribution in [0.25, 0.3) is 0 Å². The molecule has 2 atom stereocenters. The average molecular weight is 292 g/mol. The Morgan fingerprint density at radius 3 is 2.36 bits per heavy atom. The second-order valence-electron chi connectivity index (χ2n) is 6.50. The predicted octanol–water partition coefficient (Wildman–Crippen LogP) is 3.51. The van der Waals surface area contributed by atoms with Crippen LogP contribution in [0.3, 0.4) is 0 Å². The molecule has 0 spiro atoms. The van der Waals surface area contributed by atoms with Crippen LogP contribution in [0.5, 0.6) is 0 Å².